The second kappa shape index (κ2) is 5.34. The Morgan fingerprint density at radius 1 is 1.37 bits per heavy atom. The molecule has 0 fully saturated rings. The van der Waals surface area contributed by atoms with Crippen molar-refractivity contribution in [3.05, 3.63) is 35.4 Å². The molecule has 0 radical (unpaired) electrons. The Morgan fingerprint density at radius 2 is 2.11 bits per heavy atom. The number of amides is 1. The lowest BCUT2D eigenvalue weighted by Gasteiger charge is -2.07. The van der Waals surface area contributed by atoms with Crippen LogP contribution in [-0.2, 0) is 4.79 Å². The van der Waals surface area contributed by atoms with Crippen molar-refractivity contribution in [1.29, 1.82) is 0 Å². The van der Waals surface area contributed by atoms with Crippen LogP contribution in [0.15, 0.2) is 29.3 Å². The minimum atomic E-state index is -2.55. The van der Waals surface area contributed by atoms with Gasteiger partial charge in [0.1, 0.15) is 0 Å². The molecule has 1 heterocycles. The number of alkyl halides is 2. The summed E-state index contributed by atoms with van der Waals surface area (Å²) in [5.41, 5.74) is 0.363. The first-order valence-electron chi connectivity index (χ1n) is 6.00. The van der Waals surface area contributed by atoms with Crippen LogP contribution in [0.5, 0.6) is 0 Å². The summed E-state index contributed by atoms with van der Waals surface area (Å²) in [5, 5.41) is 5.57. The van der Waals surface area contributed by atoms with Gasteiger partial charge < -0.3 is 5.32 Å². The topological polar surface area (TPSA) is 53.5 Å². The molecule has 1 amide bonds. The van der Waals surface area contributed by atoms with E-state index in [4.69, 9.17) is 0 Å². The summed E-state index contributed by atoms with van der Waals surface area (Å²) in [7, 11) is 0. The van der Waals surface area contributed by atoms with Crippen LogP contribution in [0.1, 0.15) is 37.4 Å². The van der Waals surface area contributed by atoms with E-state index in [0.29, 0.717) is 11.5 Å². The van der Waals surface area contributed by atoms with Crippen molar-refractivity contribution in [3.63, 3.8) is 0 Å². The first-order chi connectivity index (χ1) is 8.97. The summed E-state index contributed by atoms with van der Waals surface area (Å²) in [6.07, 6.45) is -2.55. The molecule has 0 bridgehead atoms. The van der Waals surface area contributed by atoms with E-state index in [1.54, 1.807) is 6.07 Å². The second-order valence-electron chi connectivity index (χ2n) is 4.64. The smallest absolute Gasteiger partial charge is 0.263 e. The average Bonchev–Trinajstić information content (AvgIpc) is 2.69. The Labute approximate surface area is 109 Å². The third kappa shape index (κ3) is 3.07. The summed E-state index contributed by atoms with van der Waals surface area (Å²) in [6.45, 7) is 3.83. The fraction of sp³-hybridized carbons (Fsp3) is 0.385. The summed E-state index contributed by atoms with van der Waals surface area (Å²) < 4.78 is 25.3. The van der Waals surface area contributed by atoms with Crippen LogP contribution in [0.2, 0.25) is 0 Å². The molecule has 0 saturated heterocycles. The van der Waals surface area contributed by atoms with Gasteiger partial charge in [0.2, 0.25) is 0 Å². The maximum atomic E-state index is 12.6. The largest absolute Gasteiger partial charge is 0.354 e. The summed E-state index contributed by atoms with van der Waals surface area (Å²) in [6, 6.07) is 5.14. The molecular weight excluding hydrogens is 252 g/mol. The molecule has 1 atom stereocenters. The Morgan fingerprint density at radius 3 is 2.74 bits per heavy atom. The van der Waals surface area contributed by atoms with E-state index in [1.165, 1.54) is 18.2 Å². The first-order valence-corrected chi connectivity index (χ1v) is 6.00. The van der Waals surface area contributed by atoms with E-state index < -0.39 is 12.5 Å². The molecule has 0 spiro atoms. The van der Waals surface area contributed by atoms with Gasteiger partial charge in [-0.1, -0.05) is 18.2 Å². The predicted molar refractivity (Wildman–Crippen MR) is 68.0 cm³/mol. The zero-order chi connectivity index (χ0) is 14.0. The molecule has 1 aromatic carbocycles. The standard InChI is InChI=1S/C13H15F2N3O/c1-7(2)16-13-17-10(12(19)18-13)8-4-3-5-9(6-8)11(14)15/h3-7,10-11H,1-2H3,(H2,16,17,18,19). The van der Waals surface area contributed by atoms with Gasteiger partial charge in [0.25, 0.3) is 12.3 Å². The van der Waals surface area contributed by atoms with Crippen molar-refractivity contribution in [3.8, 4) is 0 Å². The van der Waals surface area contributed by atoms with Gasteiger partial charge in [-0.2, -0.15) is 0 Å². The van der Waals surface area contributed by atoms with Crippen LogP contribution >= 0.6 is 0 Å². The molecule has 102 valence electrons. The molecule has 4 nitrogen and oxygen atoms in total. The number of hydrogen-bond acceptors (Lipinski definition) is 3. The molecule has 2 N–H and O–H groups in total. The minimum Gasteiger partial charge on any atom is -0.354 e. The molecular formula is C13H15F2N3O. The lowest BCUT2D eigenvalue weighted by Crippen LogP contribution is -2.40. The van der Waals surface area contributed by atoms with Gasteiger partial charge in [0.05, 0.1) is 0 Å². The van der Waals surface area contributed by atoms with Crippen LogP contribution < -0.4 is 10.6 Å². The number of benzene rings is 1. The molecule has 0 aromatic heterocycles. The third-order valence-corrected chi connectivity index (χ3v) is 2.65. The van der Waals surface area contributed by atoms with Crippen molar-refractivity contribution in [2.75, 3.05) is 0 Å². The highest BCUT2D eigenvalue weighted by molar-refractivity contribution is 6.05. The van der Waals surface area contributed by atoms with E-state index in [2.05, 4.69) is 15.6 Å². The zero-order valence-electron chi connectivity index (χ0n) is 10.7. The zero-order valence-corrected chi connectivity index (χ0v) is 10.7. The third-order valence-electron chi connectivity index (χ3n) is 2.65. The highest BCUT2D eigenvalue weighted by atomic mass is 19.3. The fourth-order valence-electron chi connectivity index (χ4n) is 1.84. The van der Waals surface area contributed by atoms with E-state index in [0.717, 1.165) is 0 Å². The molecule has 1 aromatic rings. The van der Waals surface area contributed by atoms with Gasteiger partial charge in [-0.3, -0.25) is 10.1 Å². The molecule has 19 heavy (non-hydrogen) atoms. The Kier molecular flexibility index (Phi) is 3.78. The lowest BCUT2D eigenvalue weighted by atomic mass is 10.0. The Hall–Kier alpha value is -1.98. The molecule has 0 aliphatic carbocycles. The lowest BCUT2D eigenvalue weighted by molar-refractivity contribution is -0.120. The first kappa shape index (κ1) is 13.5. The average molecular weight is 267 g/mol. The molecule has 1 unspecified atom stereocenters. The van der Waals surface area contributed by atoms with Crippen molar-refractivity contribution in [2.45, 2.75) is 32.4 Å². The van der Waals surface area contributed by atoms with Crippen LogP contribution in [-0.4, -0.2) is 17.9 Å². The minimum absolute atomic E-state index is 0.106. The van der Waals surface area contributed by atoms with Crippen molar-refractivity contribution in [2.24, 2.45) is 4.99 Å². The van der Waals surface area contributed by atoms with Gasteiger partial charge >= 0.3 is 0 Å². The fourth-order valence-corrected chi connectivity index (χ4v) is 1.84. The molecule has 0 saturated carbocycles. The normalized spacial score (nSPS) is 18.7. The number of guanidine groups is 1. The van der Waals surface area contributed by atoms with Gasteiger partial charge in [-0.25, -0.2) is 13.8 Å². The predicted octanol–water partition coefficient (Wildman–Crippen LogP) is 2.15. The van der Waals surface area contributed by atoms with Gasteiger partial charge in [-0.15, -0.1) is 0 Å². The number of nitrogens with zero attached hydrogens (tertiary/aromatic N) is 1. The highest BCUT2D eigenvalue weighted by Gasteiger charge is 2.28. The Balaban J connectivity index is 2.24. The number of rotatable bonds is 3. The number of carbonyl (C=O) groups is 1. The monoisotopic (exact) mass is 267 g/mol. The van der Waals surface area contributed by atoms with Crippen LogP contribution in [0.3, 0.4) is 0 Å². The number of halogens is 2. The Bertz CT molecular complexity index is 514. The van der Waals surface area contributed by atoms with Crippen LogP contribution in [0, 0.1) is 0 Å². The highest BCUT2D eigenvalue weighted by Crippen LogP contribution is 2.26. The summed E-state index contributed by atoms with van der Waals surface area (Å²) in [5.74, 6) is 0.0713. The van der Waals surface area contributed by atoms with E-state index in [-0.39, 0.29) is 17.5 Å². The van der Waals surface area contributed by atoms with Gasteiger partial charge in [0.15, 0.2) is 12.0 Å². The van der Waals surface area contributed by atoms with E-state index in [9.17, 15) is 13.6 Å². The molecule has 2 rings (SSSR count). The van der Waals surface area contributed by atoms with Gasteiger partial charge in [-0.05, 0) is 25.5 Å². The summed E-state index contributed by atoms with van der Waals surface area (Å²) >= 11 is 0. The molecule has 1 aliphatic heterocycles. The molecule has 6 heteroatoms. The van der Waals surface area contributed by atoms with Crippen LogP contribution in [0.25, 0.3) is 0 Å². The van der Waals surface area contributed by atoms with Crippen molar-refractivity contribution in [1.82, 2.24) is 10.6 Å². The summed E-state index contributed by atoms with van der Waals surface area (Å²) in [4.78, 5) is 16.0. The number of hydrogen-bond donors (Lipinski definition) is 2. The van der Waals surface area contributed by atoms with Crippen LogP contribution in [0.4, 0.5) is 8.78 Å². The number of aliphatic imine (C=N–C) groups is 1. The van der Waals surface area contributed by atoms with Crippen molar-refractivity contribution < 1.29 is 13.6 Å². The second-order valence-corrected chi connectivity index (χ2v) is 4.64. The number of nitrogens with one attached hydrogen (secondary N) is 2. The van der Waals surface area contributed by atoms with Crippen molar-refractivity contribution >= 4 is 11.9 Å². The quantitative estimate of drug-likeness (QED) is 0.881. The maximum Gasteiger partial charge on any atom is 0.263 e. The van der Waals surface area contributed by atoms with E-state index in [1.807, 2.05) is 13.8 Å². The van der Waals surface area contributed by atoms with Gasteiger partial charge in [0, 0.05) is 11.6 Å². The SMILES string of the molecule is CC(C)NC1=NC(c2cccc(C(F)F)c2)C(=O)N1. The van der Waals surface area contributed by atoms with E-state index >= 15 is 0 Å². The maximum absolute atomic E-state index is 12.6. The molecule has 1 aliphatic rings. The number of carbonyl (C=O) groups excluding carboxylic acids is 1.